The Balaban J connectivity index is 1.55. The third-order valence-electron chi connectivity index (χ3n) is 6.60. The molecule has 4 rings (SSSR count). The number of carbonyl (C=O) groups excluding carboxylic acids is 2. The van der Waals surface area contributed by atoms with Crippen molar-refractivity contribution in [3.8, 4) is 0 Å². The number of nitrogens with one attached hydrogen (secondary N) is 2. The molecular formula is C24H25F4N3O4S. The molecule has 2 bridgehead atoms. The highest BCUT2D eigenvalue weighted by Crippen LogP contribution is 2.41. The molecule has 3 atom stereocenters. The molecule has 0 radical (unpaired) electrons. The highest BCUT2D eigenvalue weighted by atomic mass is 32.2. The van der Waals surface area contributed by atoms with Gasteiger partial charge in [-0.15, -0.1) is 0 Å². The lowest BCUT2D eigenvalue weighted by atomic mass is 9.95. The summed E-state index contributed by atoms with van der Waals surface area (Å²) < 4.78 is 84.4. The highest BCUT2D eigenvalue weighted by Gasteiger charge is 2.53. The van der Waals surface area contributed by atoms with Gasteiger partial charge >= 0.3 is 5.92 Å². The van der Waals surface area contributed by atoms with Crippen molar-refractivity contribution in [1.29, 1.82) is 0 Å². The van der Waals surface area contributed by atoms with Crippen molar-refractivity contribution in [1.82, 2.24) is 9.62 Å². The number of hydrogen-bond acceptors (Lipinski definition) is 4. The van der Waals surface area contributed by atoms with Gasteiger partial charge in [-0.3, -0.25) is 9.59 Å². The van der Waals surface area contributed by atoms with E-state index < -0.39 is 63.1 Å². The number of sulfonamides is 1. The number of fused-ring (bicyclic) bond motifs is 2. The molecule has 0 aromatic heterocycles. The zero-order valence-electron chi connectivity index (χ0n) is 19.5. The molecule has 2 N–H and O–H groups in total. The van der Waals surface area contributed by atoms with Crippen LogP contribution in [0.15, 0.2) is 36.4 Å². The molecule has 0 aliphatic carbocycles. The van der Waals surface area contributed by atoms with Crippen LogP contribution in [-0.2, 0) is 20.7 Å². The molecule has 2 aromatic rings. The van der Waals surface area contributed by atoms with Gasteiger partial charge in [0.15, 0.2) is 0 Å². The van der Waals surface area contributed by atoms with Crippen LogP contribution < -0.4 is 10.0 Å². The summed E-state index contributed by atoms with van der Waals surface area (Å²) in [6.07, 6.45) is 2.21. The second-order valence-corrected chi connectivity index (χ2v) is 11.1. The van der Waals surface area contributed by atoms with Crippen molar-refractivity contribution in [2.24, 2.45) is 0 Å². The van der Waals surface area contributed by atoms with Crippen LogP contribution >= 0.6 is 0 Å². The van der Waals surface area contributed by atoms with E-state index in [4.69, 9.17) is 0 Å². The minimum atomic E-state index is -4.26. The number of nitrogens with zero attached hydrogens (tertiary/aromatic N) is 1. The van der Waals surface area contributed by atoms with Crippen molar-refractivity contribution < 1.29 is 35.6 Å². The minimum Gasteiger partial charge on any atom is -0.331 e. The Morgan fingerprint density at radius 2 is 1.61 bits per heavy atom. The van der Waals surface area contributed by atoms with Crippen LogP contribution in [0.25, 0.3) is 0 Å². The van der Waals surface area contributed by atoms with Gasteiger partial charge in [0.05, 0.1) is 11.8 Å². The average molecular weight is 528 g/mol. The molecule has 194 valence electrons. The number of benzene rings is 2. The summed E-state index contributed by atoms with van der Waals surface area (Å²) in [5.41, 5.74) is -1.06. The monoisotopic (exact) mass is 527 g/mol. The Hall–Kier alpha value is -2.99. The van der Waals surface area contributed by atoms with E-state index in [1.54, 1.807) is 0 Å². The fourth-order valence-electron chi connectivity index (χ4n) is 5.02. The van der Waals surface area contributed by atoms with Crippen molar-refractivity contribution in [2.75, 3.05) is 11.6 Å². The quantitative estimate of drug-likeness (QED) is 0.561. The van der Waals surface area contributed by atoms with Crippen LogP contribution in [0.2, 0.25) is 0 Å². The number of carbonyl (C=O) groups is 2. The number of halogens is 4. The predicted octanol–water partition coefficient (Wildman–Crippen LogP) is 3.69. The van der Waals surface area contributed by atoms with Gasteiger partial charge in [0.25, 0.3) is 11.8 Å². The molecule has 0 spiro atoms. The second-order valence-electron chi connectivity index (χ2n) is 9.34. The highest BCUT2D eigenvalue weighted by molar-refractivity contribution is 7.88. The molecule has 2 fully saturated rings. The molecule has 2 aliphatic rings. The minimum absolute atomic E-state index is 0.174. The maximum atomic E-state index is 15.4. The number of aryl methyl sites for hydroxylation is 1. The van der Waals surface area contributed by atoms with Crippen molar-refractivity contribution in [3.63, 3.8) is 0 Å². The zero-order chi connectivity index (χ0) is 26.4. The first-order chi connectivity index (χ1) is 16.8. The lowest BCUT2D eigenvalue weighted by molar-refractivity contribution is -0.164. The van der Waals surface area contributed by atoms with Crippen LogP contribution in [0, 0.1) is 18.6 Å². The summed E-state index contributed by atoms with van der Waals surface area (Å²) in [7, 11) is -3.51. The second kappa shape index (κ2) is 9.47. The molecule has 2 aliphatic heterocycles. The molecule has 12 heteroatoms. The van der Waals surface area contributed by atoms with Crippen LogP contribution in [0.4, 0.5) is 23.2 Å². The Morgan fingerprint density at radius 1 is 1.00 bits per heavy atom. The molecule has 2 aromatic carbocycles. The van der Waals surface area contributed by atoms with Crippen LogP contribution in [0.1, 0.15) is 47.2 Å². The van der Waals surface area contributed by atoms with Gasteiger partial charge in [0, 0.05) is 29.4 Å². The fourth-order valence-corrected chi connectivity index (χ4v) is 5.82. The Morgan fingerprint density at radius 3 is 2.19 bits per heavy atom. The summed E-state index contributed by atoms with van der Waals surface area (Å²) in [4.78, 5) is 26.7. The van der Waals surface area contributed by atoms with Gasteiger partial charge in [-0.1, -0.05) is 0 Å². The van der Waals surface area contributed by atoms with Crippen molar-refractivity contribution in [2.45, 2.75) is 56.7 Å². The summed E-state index contributed by atoms with van der Waals surface area (Å²) >= 11 is 0. The predicted molar refractivity (Wildman–Crippen MR) is 124 cm³/mol. The van der Waals surface area contributed by atoms with Crippen molar-refractivity contribution >= 4 is 27.5 Å². The number of anilines is 1. The lowest BCUT2D eigenvalue weighted by Crippen LogP contribution is -2.55. The first kappa shape index (κ1) is 26.1. The smallest absolute Gasteiger partial charge is 0.331 e. The molecular weight excluding hydrogens is 502 g/mol. The first-order valence-electron chi connectivity index (χ1n) is 11.3. The van der Waals surface area contributed by atoms with Gasteiger partial charge in [-0.2, -0.15) is 8.78 Å². The van der Waals surface area contributed by atoms with E-state index in [0.29, 0.717) is 25.0 Å². The van der Waals surface area contributed by atoms with E-state index in [9.17, 15) is 26.8 Å². The summed E-state index contributed by atoms with van der Waals surface area (Å²) in [6.45, 7) is 1.49. The van der Waals surface area contributed by atoms with E-state index >= 15 is 8.78 Å². The Kier molecular flexibility index (Phi) is 6.86. The van der Waals surface area contributed by atoms with Gasteiger partial charge in [-0.05, 0) is 74.6 Å². The maximum absolute atomic E-state index is 15.4. The molecule has 7 nitrogen and oxygen atoms in total. The molecule has 2 heterocycles. The third-order valence-corrected chi connectivity index (χ3v) is 7.36. The first-order valence-corrected chi connectivity index (χ1v) is 13.2. The Labute approximate surface area is 205 Å². The van der Waals surface area contributed by atoms with E-state index in [1.807, 2.05) is 0 Å². The molecule has 2 amide bonds. The molecule has 2 saturated heterocycles. The van der Waals surface area contributed by atoms with Gasteiger partial charge in [-0.25, -0.2) is 21.9 Å². The lowest BCUT2D eigenvalue weighted by Gasteiger charge is -2.40. The van der Waals surface area contributed by atoms with E-state index in [1.165, 1.54) is 19.1 Å². The largest absolute Gasteiger partial charge is 0.352 e. The number of hydrogen-bond donors (Lipinski definition) is 2. The van der Waals surface area contributed by atoms with Crippen LogP contribution in [0.3, 0.4) is 0 Å². The van der Waals surface area contributed by atoms with Gasteiger partial charge in [0.1, 0.15) is 11.6 Å². The third kappa shape index (κ3) is 5.24. The molecule has 36 heavy (non-hydrogen) atoms. The molecule has 1 unspecified atom stereocenters. The Bertz CT molecular complexity index is 1300. The standard InChI is InChI=1S/C24H25F4N3O4S/c1-13-9-15(4-8-20(13)25)29-22(32)14-3-7-21(26)19(10-14)24(27,28)23(33)31-17-5-6-18(31)12-16(11-17)30-36(2,34)35/h3-4,7-10,16-18,30H,5-6,11-12H2,1-2H3,(H,29,32)/t16-,17+,18?/m0/s1. The fraction of sp³-hybridized carbons (Fsp3) is 0.417. The summed E-state index contributed by atoms with van der Waals surface area (Å²) in [6, 6.07) is 4.42. The summed E-state index contributed by atoms with van der Waals surface area (Å²) in [5, 5.41) is 2.44. The normalized spacial score (nSPS) is 21.9. The van der Waals surface area contributed by atoms with Crippen LogP contribution in [0.5, 0.6) is 0 Å². The van der Waals surface area contributed by atoms with E-state index in [-0.39, 0.29) is 29.7 Å². The van der Waals surface area contributed by atoms with Crippen LogP contribution in [-0.4, -0.2) is 49.5 Å². The number of amides is 2. The van der Waals surface area contributed by atoms with Crippen molar-refractivity contribution in [3.05, 3.63) is 64.7 Å². The van der Waals surface area contributed by atoms with E-state index in [0.717, 1.165) is 23.3 Å². The number of rotatable bonds is 6. The number of piperidine rings is 1. The average Bonchev–Trinajstić information content (AvgIpc) is 3.04. The topological polar surface area (TPSA) is 95.6 Å². The number of alkyl halides is 2. The zero-order valence-corrected chi connectivity index (χ0v) is 20.3. The van der Waals surface area contributed by atoms with Gasteiger partial charge in [0.2, 0.25) is 10.0 Å². The van der Waals surface area contributed by atoms with E-state index in [2.05, 4.69) is 10.0 Å². The molecule has 0 saturated carbocycles. The maximum Gasteiger partial charge on any atom is 0.352 e. The van der Waals surface area contributed by atoms with Gasteiger partial charge < -0.3 is 10.2 Å². The SMILES string of the molecule is Cc1cc(NC(=O)c2ccc(F)c(C(F)(F)C(=O)N3C4CC[C@@H]3C[C@H](NS(C)(=O)=O)C4)c2)ccc1F. The summed E-state index contributed by atoms with van der Waals surface area (Å²) in [5.74, 6) is -8.51.